The predicted octanol–water partition coefficient (Wildman–Crippen LogP) is 1.53. The SMILES string of the molecule is O=C(O)[C@H]1CCC[C@H]1C(=O)NCc1ccc2c(c1)OCO2. The second-order valence-electron chi connectivity index (χ2n) is 5.39. The fourth-order valence-electron chi connectivity index (χ4n) is 2.94. The van der Waals surface area contributed by atoms with E-state index in [1.165, 1.54) is 0 Å². The number of carbonyl (C=O) groups is 2. The minimum absolute atomic E-state index is 0.183. The lowest BCUT2D eigenvalue weighted by molar-refractivity contribution is -0.146. The van der Waals surface area contributed by atoms with E-state index in [0.717, 1.165) is 12.0 Å². The van der Waals surface area contributed by atoms with Crippen LogP contribution in [0, 0.1) is 11.8 Å². The third-order valence-corrected chi connectivity index (χ3v) is 4.07. The summed E-state index contributed by atoms with van der Waals surface area (Å²) >= 11 is 0. The summed E-state index contributed by atoms with van der Waals surface area (Å²) in [5.41, 5.74) is 0.900. The van der Waals surface area contributed by atoms with Crippen molar-refractivity contribution in [2.75, 3.05) is 6.79 Å². The van der Waals surface area contributed by atoms with Crippen LogP contribution in [0.5, 0.6) is 11.5 Å². The summed E-state index contributed by atoms with van der Waals surface area (Å²) < 4.78 is 10.5. The maximum atomic E-state index is 12.1. The average Bonchev–Trinajstić information content (AvgIpc) is 3.12. The molecular formula is C15H17NO5. The Morgan fingerprint density at radius 2 is 1.95 bits per heavy atom. The van der Waals surface area contributed by atoms with Gasteiger partial charge < -0.3 is 19.9 Å². The van der Waals surface area contributed by atoms with E-state index >= 15 is 0 Å². The van der Waals surface area contributed by atoms with Gasteiger partial charge in [-0.05, 0) is 30.5 Å². The summed E-state index contributed by atoms with van der Waals surface area (Å²) in [5.74, 6) is -0.663. The maximum Gasteiger partial charge on any atom is 0.307 e. The molecular weight excluding hydrogens is 274 g/mol. The zero-order chi connectivity index (χ0) is 14.8. The monoisotopic (exact) mass is 291 g/mol. The van der Waals surface area contributed by atoms with Crippen molar-refractivity contribution in [3.63, 3.8) is 0 Å². The molecule has 0 aromatic heterocycles. The van der Waals surface area contributed by atoms with Crippen molar-refractivity contribution in [2.24, 2.45) is 11.8 Å². The van der Waals surface area contributed by atoms with Gasteiger partial charge in [-0.2, -0.15) is 0 Å². The predicted molar refractivity (Wildman–Crippen MR) is 72.9 cm³/mol. The number of fused-ring (bicyclic) bond motifs is 1. The molecule has 112 valence electrons. The van der Waals surface area contributed by atoms with Crippen LogP contribution < -0.4 is 14.8 Å². The van der Waals surface area contributed by atoms with E-state index in [-0.39, 0.29) is 12.7 Å². The Kier molecular flexibility index (Phi) is 3.68. The number of benzene rings is 1. The number of amides is 1. The minimum atomic E-state index is -0.879. The van der Waals surface area contributed by atoms with Gasteiger partial charge in [0.25, 0.3) is 0 Å². The maximum absolute atomic E-state index is 12.1. The molecule has 21 heavy (non-hydrogen) atoms. The molecule has 1 aliphatic heterocycles. The first kappa shape index (κ1) is 13.7. The number of carboxylic acid groups (broad SMARTS) is 1. The molecule has 0 saturated heterocycles. The van der Waals surface area contributed by atoms with Gasteiger partial charge in [-0.15, -0.1) is 0 Å². The molecule has 6 nitrogen and oxygen atoms in total. The molecule has 2 N–H and O–H groups in total. The Hall–Kier alpha value is -2.24. The zero-order valence-corrected chi connectivity index (χ0v) is 11.5. The van der Waals surface area contributed by atoms with Gasteiger partial charge in [-0.1, -0.05) is 12.5 Å². The van der Waals surface area contributed by atoms with Crippen LogP contribution in [0.2, 0.25) is 0 Å². The molecule has 1 fully saturated rings. The number of hydrogen-bond acceptors (Lipinski definition) is 4. The van der Waals surface area contributed by atoms with E-state index in [4.69, 9.17) is 14.6 Å². The summed E-state index contributed by atoms with van der Waals surface area (Å²) in [5, 5.41) is 11.9. The minimum Gasteiger partial charge on any atom is -0.481 e. The molecule has 6 heteroatoms. The van der Waals surface area contributed by atoms with Crippen LogP contribution >= 0.6 is 0 Å². The van der Waals surface area contributed by atoms with Gasteiger partial charge in [0.05, 0.1) is 11.8 Å². The van der Waals surface area contributed by atoms with Crippen molar-refractivity contribution in [1.29, 1.82) is 0 Å². The van der Waals surface area contributed by atoms with Crippen molar-refractivity contribution in [2.45, 2.75) is 25.8 Å². The van der Waals surface area contributed by atoms with Gasteiger partial charge in [0.1, 0.15) is 0 Å². The van der Waals surface area contributed by atoms with Gasteiger partial charge in [0, 0.05) is 6.54 Å². The topological polar surface area (TPSA) is 84.9 Å². The first-order valence-electron chi connectivity index (χ1n) is 7.04. The smallest absolute Gasteiger partial charge is 0.307 e. The first-order valence-corrected chi connectivity index (χ1v) is 7.04. The second-order valence-corrected chi connectivity index (χ2v) is 5.39. The third kappa shape index (κ3) is 2.79. The van der Waals surface area contributed by atoms with Crippen molar-refractivity contribution in [3.8, 4) is 11.5 Å². The van der Waals surface area contributed by atoms with Crippen LogP contribution in [0.1, 0.15) is 24.8 Å². The van der Waals surface area contributed by atoms with Crippen LogP contribution in [0.25, 0.3) is 0 Å². The van der Waals surface area contributed by atoms with E-state index in [2.05, 4.69) is 5.32 Å². The number of carbonyl (C=O) groups excluding carboxylic acids is 1. The van der Waals surface area contributed by atoms with Crippen LogP contribution in [-0.4, -0.2) is 23.8 Å². The molecule has 3 rings (SSSR count). The molecule has 0 bridgehead atoms. The summed E-state index contributed by atoms with van der Waals surface area (Å²) in [6.07, 6.45) is 2.01. The van der Waals surface area contributed by atoms with E-state index in [0.29, 0.717) is 30.9 Å². The van der Waals surface area contributed by atoms with Gasteiger partial charge in [0.2, 0.25) is 12.7 Å². The van der Waals surface area contributed by atoms with Crippen molar-refractivity contribution >= 4 is 11.9 Å². The third-order valence-electron chi connectivity index (χ3n) is 4.07. The molecule has 1 aromatic rings. The molecule has 0 radical (unpaired) electrons. The largest absolute Gasteiger partial charge is 0.481 e. The molecule has 0 spiro atoms. The van der Waals surface area contributed by atoms with E-state index in [9.17, 15) is 9.59 Å². The van der Waals surface area contributed by atoms with Gasteiger partial charge in [-0.3, -0.25) is 9.59 Å². The fraction of sp³-hybridized carbons (Fsp3) is 0.467. The Morgan fingerprint density at radius 1 is 1.19 bits per heavy atom. The molecule has 2 aliphatic rings. The number of nitrogens with one attached hydrogen (secondary N) is 1. The highest BCUT2D eigenvalue weighted by atomic mass is 16.7. The fourth-order valence-corrected chi connectivity index (χ4v) is 2.94. The van der Waals surface area contributed by atoms with E-state index in [1.807, 2.05) is 12.1 Å². The van der Waals surface area contributed by atoms with Crippen molar-refractivity contribution < 1.29 is 24.2 Å². The standard InChI is InChI=1S/C15H17NO5/c17-14(10-2-1-3-11(10)15(18)19)16-7-9-4-5-12-13(6-9)21-8-20-12/h4-6,10-11H,1-3,7-8H2,(H,16,17)(H,18,19)/t10-,11+/m1/s1. The quantitative estimate of drug-likeness (QED) is 0.879. The van der Waals surface area contributed by atoms with Gasteiger partial charge >= 0.3 is 5.97 Å². The van der Waals surface area contributed by atoms with Crippen LogP contribution in [0.15, 0.2) is 18.2 Å². The number of carboxylic acids is 1. The van der Waals surface area contributed by atoms with Crippen molar-refractivity contribution in [3.05, 3.63) is 23.8 Å². The summed E-state index contributed by atoms with van der Waals surface area (Å²) in [6, 6.07) is 5.49. The number of aliphatic carboxylic acids is 1. The summed E-state index contributed by atoms with van der Waals surface area (Å²) in [6.45, 7) is 0.575. The van der Waals surface area contributed by atoms with E-state index in [1.54, 1.807) is 6.07 Å². The Balaban J connectivity index is 1.60. The van der Waals surface area contributed by atoms with Crippen LogP contribution in [0.4, 0.5) is 0 Å². The molecule has 2 atom stereocenters. The van der Waals surface area contributed by atoms with Crippen LogP contribution in [-0.2, 0) is 16.1 Å². The lowest BCUT2D eigenvalue weighted by Gasteiger charge is -2.15. The average molecular weight is 291 g/mol. The molecule has 1 saturated carbocycles. The molecule has 1 amide bonds. The summed E-state index contributed by atoms with van der Waals surface area (Å²) in [4.78, 5) is 23.2. The zero-order valence-electron chi connectivity index (χ0n) is 11.5. The van der Waals surface area contributed by atoms with Gasteiger partial charge in [0.15, 0.2) is 11.5 Å². The van der Waals surface area contributed by atoms with Crippen molar-refractivity contribution in [1.82, 2.24) is 5.32 Å². The molecule has 0 unspecified atom stereocenters. The summed E-state index contributed by atoms with van der Waals surface area (Å²) in [7, 11) is 0. The highest BCUT2D eigenvalue weighted by Gasteiger charge is 2.37. The number of ether oxygens (including phenoxy) is 2. The van der Waals surface area contributed by atoms with Crippen LogP contribution in [0.3, 0.4) is 0 Å². The van der Waals surface area contributed by atoms with E-state index < -0.39 is 17.8 Å². The normalized spacial score (nSPS) is 23.0. The van der Waals surface area contributed by atoms with Gasteiger partial charge in [-0.25, -0.2) is 0 Å². The highest BCUT2D eigenvalue weighted by Crippen LogP contribution is 2.33. The Labute approximate surface area is 122 Å². The lowest BCUT2D eigenvalue weighted by atomic mass is 9.95. The number of hydrogen-bond donors (Lipinski definition) is 2. The second kappa shape index (κ2) is 5.63. The molecule has 1 aromatic carbocycles. The highest BCUT2D eigenvalue weighted by molar-refractivity contribution is 5.85. The molecule has 1 aliphatic carbocycles. The Morgan fingerprint density at radius 3 is 2.76 bits per heavy atom. The lowest BCUT2D eigenvalue weighted by Crippen LogP contribution is -2.34. The Bertz CT molecular complexity index is 571. The first-order chi connectivity index (χ1) is 10.1. The number of rotatable bonds is 4. The molecule has 1 heterocycles.